The summed E-state index contributed by atoms with van der Waals surface area (Å²) >= 11 is 0. The molecule has 0 radical (unpaired) electrons. The summed E-state index contributed by atoms with van der Waals surface area (Å²) in [6, 6.07) is 21.7. The quantitative estimate of drug-likeness (QED) is 0.419. The van der Waals surface area contributed by atoms with Crippen LogP contribution in [0.5, 0.6) is 5.75 Å². The van der Waals surface area contributed by atoms with Gasteiger partial charge in [-0.3, -0.25) is 9.10 Å². The van der Waals surface area contributed by atoms with Gasteiger partial charge in [-0.25, -0.2) is 8.42 Å². The molecule has 1 atom stereocenters. The summed E-state index contributed by atoms with van der Waals surface area (Å²) in [6.07, 6.45) is 0.960. The van der Waals surface area contributed by atoms with Crippen LogP contribution in [-0.2, 0) is 21.2 Å². The van der Waals surface area contributed by atoms with Crippen LogP contribution in [0.15, 0.2) is 77.7 Å². The minimum absolute atomic E-state index is 0.0131. The molecule has 1 unspecified atom stereocenters. The summed E-state index contributed by atoms with van der Waals surface area (Å²) in [4.78, 5) is 17.8. The number of carbonyl (C=O) groups is 1. The SMILES string of the molecule is COc1cccc(N(CCC(=O)N2CC(CN(C)C)Cc3ccccc32)S(=O)(=O)c2ccc(C)cc2)c1. The maximum atomic E-state index is 13.8. The molecule has 7 nitrogen and oxygen atoms in total. The van der Waals surface area contributed by atoms with Crippen LogP contribution in [0.2, 0.25) is 0 Å². The van der Waals surface area contributed by atoms with E-state index in [1.807, 2.05) is 44.1 Å². The summed E-state index contributed by atoms with van der Waals surface area (Å²) in [7, 11) is 1.70. The molecule has 1 aliphatic rings. The summed E-state index contributed by atoms with van der Waals surface area (Å²) < 4.78 is 34.2. The fourth-order valence-electron chi connectivity index (χ4n) is 4.88. The third-order valence-electron chi connectivity index (χ3n) is 6.64. The minimum atomic E-state index is -3.91. The van der Waals surface area contributed by atoms with Gasteiger partial charge in [0.1, 0.15) is 5.75 Å². The van der Waals surface area contributed by atoms with E-state index in [0.29, 0.717) is 23.9 Å². The molecule has 196 valence electrons. The van der Waals surface area contributed by atoms with Crippen molar-refractivity contribution in [2.45, 2.75) is 24.7 Å². The van der Waals surface area contributed by atoms with E-state index in [1.165, 1.54) is 4.31 Å². The molecule has 0 aromatic heterocycles. The Morgan fingerprint density at radius 2 is 1.76 bits per heavy atom. The molecular weight excluding hydrogens is 486 g/mol. The lowest BCUT2D eigenvalue weighted by molar-refractivity contribution is -0.118. The van der Waals surface area contributed by atoms with Crippen molar-refractivity contribution >= 4 is 27.3 Å². The molecule has 0 bridgehead atoms. The first-order chi connectivity index (χ1) is 17.7. The van der Waals surface area contributed by atoms with E-state index in [0.717, 1.165) is 29.8 Å². The second-order valence-corrected chi connectivity index (χ2v) is 11.7. The Kier molecular flexibility index (Phi) is 8.19. The smallest absolute Gasteiger partial charge is 0.264 e. The Morgan fingerprint density at radius 3 is 2.46 bits per heavy atom. The molecule has 3 aromatic rings. The molecule has 8 heteroatoms. The molecule has 1 heterocycles. The molecule has 0 saturated carbocycles. The minimum Gasteiger partial charge on any atom is -0.497 e. The Morgan fingerprint density at radius 1 is 1.03 bits per heavy atom. The highest BCUT2D eigenvalue weighted by Crippen LogP contribution is 2.32. The van der Waals surface area contributed by atoms with Crippen molar-refractivity contribution in [3.05, 3.63) is 83.9 Å². The number of hydrogen-bond donors (Lipinski definition) is 0. The van der Waals surface area contributed by atoms with E-state index >= 15 is 0 Å². The predicted molar refractivity (Wildman–Crippen MR) is 148 cm³/mol. The van der Waals surface area contributed by atoms with Crippen LogP contribution in [0.4, 0.5) is 11.4 Å². The number of aryl methyl sites for hydroxylation is 1. The van der Waals surface area contributed by atoms with Crippen molar-refractivity contribution in [2.24, 2.45) is 5.92 Å². The van der Waals surface area contributed by atoms with Crippen LogP contribution >= 0.6 is 0 Å². The number of para-hydroxylation sites is 1. The maximum Gasteiger partial charge on any atom is 0.264 e. The van der Waals surface area contributed by atoms with E-state index in [1.54, 1.807) is 55.6 Å². The molecule has 0 fully saturated rings. The lowest BCUT2D eigenvalue weighted by atomic mass is 9.92. The first kappa shape index (κ1) is 26.7. The molecule has 0 aliphatic carbocycles. The van der Waals surface area contributed by atoms with E-state index in [4.69, 9.17) is 4.74 Å². The van der Waals surface area contributed by atoms with Gasteiger partial charge in [-0.1, -0.05) is 42.0 Å². The number of fused-ring (bicyclic) bond motifs is 1. The zero-order valence-electron chi connectivity index (χ0n) is 21.9. The number of benzene rings is 3. The van der Waals surface area contributed by atoms with Gasteiger partial charge in [-0.05, 0) is 69.3 Å². The number of hydrogen-bond acceptors (Lipinski definition) is 5. The zero-order chi connectivity index (χ0) is 26.6. The van der Waals surface area contributed by atoms with Crippen molar-refractivity contribution < 1.29 is 17.9 Å². The molecule has 0 saturated heterocycles. The topological polar surface area (TPSA) is 70.2 Å². The van der Waals surface area contributed by atoms with Crippen LogP contribution < -0.4 is 13.9 Å². The number of rotatable bonds is 9. The van der Waals surface area contributed by atoms with Crippen molar-refractivity contribution in [1.29, 1.82) is 0 Å². The highest BCUT2D eigenvalue weighted by atomic mass is 32.2. The van der Waals surface area contributed by atoms with Crippen molar-refractivity contribution in [1.82, 2.24) is 4.90 Å². The summed E-state index contributed by atoms with van der Waals surface area (Å²) in [5.41, 5.74) is 3.48. The first-order valence-electron chi connectivity index (χ1n) is 12.5. The second kappa shape index (κ2) is 11.4. The zero-order valence-corrected chi connectivity index (χ0v) is 22.7. The fraction of sp³-hybridized carbons (Fsp3) is 0.345. The third-order valence-corrected chi connectivity index (χ3v) is 8.48. The predicted octanol–water partition coefficient (Wildman–Crippen LogP) is 4.36. The highest BCUT2D eigenvalue weighted by molar-refractivity contribution is 7.92. The number of ether oxygens (including phenoxy) is 1. The van der Waals surface area contributed by atoms with E-state index in [-0.39, 0.29) is 23.8 Å². The van der Waals surface area contributed by atoms with E-state index in [9.17, 15) is 13.2 Å². The van der Waals surface area contributed by atoms with Gasteiger partial charge in [0.2, 0.25) is 5.91 Å². The van der Waals surface area contributed by atoms with Gasteiger partial charge in [0.25, 0.3) is 10.0 Å². The van der Waals surface area contributed by atoms with Crippen LogP contribution in [0.25, 0.3) is 0 Å². The van der Waals surface area contributed by atoms with Crippen molar-refractivity contribution in [3.8, 4) is 5.75 Å². The molecule has 37 heavy (non-hydrogen) atoms. The Labute approximate surface area is 220 Å². The van der Waals surface area contributed by atoms with Crippen LogP contribution in [0.1, 0.15) is 17.5 Å². The molecule has 0 spiro atoms. The molecule has 4 rings (SSSR count). The average molecular weight is 522 g/mol. The third kappa shape index (κ3) is 6.14. The number of anilines is 2. The normalized spacial score (nSPS) is 15.4. The number of methoxy groups -OCH3 is 1. The van der Waals surface area contributed by atoms with Crippen LogP contribution in [0, 0.1) is 12.8 Å². The summed E-state index contributed by atoms with van der Waals surface area (Å²) in [5, 5.41) is 0. The lowest BCUT2D eigenvalue weighted by Crippen LogP contribution is -2.44. The number of carbonyl (C=O) groups excluding carboxylic acids is 1. The number of amides is 1. The largest absolute Gasteiger partial charge is 0.497 e. The van der Waals surface area contributed by atoms with Crippen molar-refractivity contribution in [3.63, 3.8) is 0 Å². The van der Waals surface area contributed by atoms with Crippen molar-refractivity contribution in [2.75, 3.05) is 50.0 Å². The number of nitrogens with zero attached hydrogens (tertiary/aromatic N) is 3. The van der Waals surface area contributed by atoms with Gasteiger partial charge >= 0.3 is 0 Å². The molecule has 1 amide bonds. The van der Waals surface area contributed by atoms with Gasteiger partial charge < -0.3 is 14.5 Å². The standard InChI is InChI=1S/C29H35N3O4S/c1-22-12-14-27(15-13-22)37(34,35)32(25-9-7-10-26(19-25)36-4)17-16-29(33)31-21-23(20-30(2)3)18-24-8-5-6-11-28(24)31/h5-15,19,23H,16-18,20-21H2,1-4H3. The second-order valence-electron chi connectivity index (χ2n) is 9.81. The number of sulfonamides is 1. The Hall–Kier alpha value is -3.36. The van der Waals surface area contributed by atoms with E-state index in [2.05, 4.69) is 11.0 Å². The van der Waals surface area contributed by atoms with Gasteiger partial charge in [0, 0.05) is 37.8 Å². The monoisotopic (exact) mass is 521 g/mol. The molecule has 0 N–H and O–H groups in total. The Balaban J connectivity index is 1.63. The molecule has 1 aliphatic heterocycles. The molecular formula is C29H35N3O4S. The molecule has 3 aromatic carbocycles. The van der Waals surface area contributed by atoms with Gasteiger partial charge in [0.15, 0.2) is 0 Å². The Bertz CT molecular complexity index is 1340. The maximum absolute atomic E-state index is 13.8. The van der Waals surface area contributed by atoms with Gasteiger partial charge in [-0.15, -0.1) is 0 Å². The highest BCUT2D eigenvalue weighted by Gasteiger charge is 2.31. The van der Waals surface area contributed by atoms with Gasteiger partial charge in [0.05, 0.1) is 17.7 Å². The summed E-state index contributed by atoms with van der Waals surface area (Å²) in [5.74, 6) is 0.756. The van der Waals surface area contributed by atoms with Crippen LogP contribution in [0.3, 0.4) is 0 Å². The summed E-state index contributed by atoms with van der Waals surface area (Å²) in [6.45, 7) is 3.40. The lowest BCUT2D eigenvalue weighted by Gasteiger charge is -2.36. The first-order valence-corrected chi connectivity index (χ1v) is 13.9. The average Bonchev–Trinajstić information content (AvgIpc) is 2.88. The van der Waals surface area contributed by atoms with E-state index < -0.39 is 10.0 Å². The van der Waals surface area contributed by atoms with Gasteiger partial charge in [-0.2, -0.15) is 0 Å². The fourth-order valence-corrected chi connectivity index (χ4v) is 6.33. The van der Waals surface area contributed by atoms with Crippen LogP contribution in [-0.4, -0.2) is 60.1 Å².